The van der Waals surface area contributed by atoms with Crippen molar-refractivity contribution in [2.45, 2.75) is 37.6 Å². The van der Waals surface area contributed by atoms with Crippen molar-refractivity contribution in [3.05, 3.63) is 30.3 Å². The number of imide groups is 1. The molecule has 0 saturated carbocycles. The molecule has 1 aliphatic rings. The second kappa shape index (κ2) is 5.98. The van der Waals surface area contributed by atoms with Crippen LogP contribution in [0.1, 0.15) is 27.2 Å². The molecule has 108 valence electrons. The third kappa shape index (κ3) is 3.84. The van der Waals surface area contributed by atoms with Gasteiger partial charge in [0.05, 0.1) is 0 Å². The Hall–Kier alpha value is -1.32. The number of likely N-dealkylation sites (tertiary alicyclic amines) is 1. The fourth-order valence-electron chi connectivity index (χ4n) is 1.92. The van der Waals surface area contributed by atoms with E-state index >= 15 is 0 Å². The fourth-order valence-corrected chi connectivity index (χ4v) is 4.22. The van der Waals surface area contributed by atoms with Crippen molar-refractivity contribution in [1.82, 2.24) is 4.90 Å². The third-order valence-electron chi connectivity index (χ3n) is 2.79. The second-order valence-corrected chi connectivity index (χ2v) is 8.36. The minimum absolute atomic E-state index is 0.0579. The Balaban J connectivity index is 1.97. The summed E-state index contributed by atoms with van der Waals surface area (Å²) in [5.41, 5.74) is -0.569. The Bertz CT molecular complexity index is 496. The first-order chi connectivity index (χ1) is 9.37. The summed E-state index contributed by atoms with van der Waals surface area (Å²) in [5, 5.41) is 0. The zero-order valence-corrected chi connectivity index (χ0v) is 13.7. The first kappa shape index (κ1) is 15.1. The van der Waals surface area contributed by atoms with Gasteiger partial charge in [0.1, 0.15) is 0 Å². The van der Waals surface area contributed by atoms with E-state index in [9.17, 15) is 9.59 Å². The van der Waals surface area contributed by atoms with Crippen molar-refractivity contribution in [2.75, 3.05) is 6.54 Å². The molecule has 5 heteroatoms. The molecule has 0 spiro atoms. The number of carbonyl (C=O) groups is 2. The Morgan fingerprint density at radius 2 is 1.95 bits per heavy atom. The maximum absolute atomic E-state index is 12.3. The molecule has 1 unspecified atom stereocenters. The van der Waals surface area contributed by atoms with Crippen LogP contribution in [0.5, 0.6) is 0 Å². The molecule has 0 N–H and O–H groups in total. The van der Waals surface area contributed by atoms with Gasteiger partial charge >= 0.3 is 125 Å². The Morgan fingerprint density at radius 1 is 1.30 bits per heavy atom. The number of rotatable bonds is 2. The summed E-state index contributed by atoms with van der Waals surface area (Å²) in [6.45, 7) is 5.87. The van der Waals surface area contributed by atoms with Crippen molar-refractivity contribution in [3.8, 4) is 0 Å². The molecule has 0 bridgehead atoms. The van der Waals surface area contributed by atoms with E-state index in [2.05, 4.69) is 0 Å². The van der Waals surface area contributed by atoms with Crippen molar-refractivity contribution < 1.29 is 14.3 Å². The van der Waals surface area contributed by atoms with Gasteiger partial charge in [0.25, 0.3) is 0 Å². The molecule has 1 aromatic carbocycles. The SMILES string of the molecule is CC(C)(C)OC(=O)N1CCC([Se]c2ccccc2)C1=O. The molecule has 0 aliphatic carbocycles. The molecule has 0 aromatic heterocycles. The van der Waals surface area contributed by atoms with Crippen LogP contribution < -0.4 is 4.46 Å². The van der Waals surface area contributed by atoms with Crippen molar-refractivity contribution in [1.29, 1.82) is 0 Å². The van der Waals surface area contributed by atoms with Crippen LogP contribution in [0.25, 0.3) is 0 Å². The van der Waals surface area contributed by atoms with E-state index < -0.39 is 11.7 Å². The summed E-state index contributed by atoms with van der Waals surface area (Å²) in [4.78, 5) is 25.4. The van der Waals surface area contributed by atoms with Gasteiger partial charge in [-0.05, 0) is 0 Å². The topological polar surface area (TPSA) is 46.6 Å². The zero-order chi connectivity index (χ0) is 14.8. The number of ether oxygens (including phenoxy) is 1. The van der Waals surface area contributed by atoms with Crippen LogP contribution in [0.3, 0.4) is 0 Å². The molecule has 1 heterocycles. The molecule has 20 heavy (non-hydrogen) atoms. The maximum atomic E-state index is 12.3. The van der Waals surface area contributed by atoms with Crippen LogP contribution in [0, 0.1) is 0 Å². The normalized spacial score (nSPS) is 19.2. The third-order valence-corrected chi connectivity index (χ3v) is 5.45. The molecule has 4 nitrogen and oxygen atoms in total. The standard InChI is InChI=1S/C15H19NO3Se/c1-15(2,3)19-14(18)16-10-9-12(13(16)17)20-11-7-5-4-6-8-11/h4-8,12H,9-10H2,1-3H3. The predicted octanol–water partition coefficient (Wildman–Crippen LogP) is 1.97. The average Bonchev–Trinajstić information content (AvgIpc) is 2.70. The molecular formula is C15H19NO3Se. The summed E-state index contributed by atoms with van der Waals surface area (Å²) in [7, 11) is 0. The van der Waals surface area contributed by atoms with Gasteiger partial charge < -0.3 is 0 Å². The van der Waals surface area contributed by atoms with Gasteiger partial charge in [-0.2, -0.15) is 0 Å². The summed E-state index contributed by atoms with van der Waals surface area (Å²) in [5.74, 6) is -0.0943. The predicted molar refractivity (Wildman–Crippen MR) is 78.1 cm³/mol. The molecule has 1 aromatic rings. The quantitative estimate of drug-likeness (QED) is 0.774. The molecule has 0 radical (unpaired) electrons. The average molecular weight is 340 g/mol. The summed E-state index contributed by atoms with van der Waals surface area (Å²) < 4.78 is 6.45. The van der Waals surface area contributed by atoms with Crippen LogP contribution in [0.2, 0.25) is 4.82 Å². The second-order valence-electron chi connectivity index (χ2n) is 5.68. The summed E-state index contributed by atoms with van der Waals surface area (Å²) >= 11 is 0.0646. The Morgan fingerprint density at radius 3 is 2.55 bits per heavy atom. The minimum atomic E-state index is -0.569. The molecule has 1 fully saturated rings. The van der Waals surface area contributed by atoms with Crippen molar-refractivity contribution >= 4 is 31.4 Å². The van der Waals surface area contributed by atoms with Crippen molar-refractivity contribution in [3.63, 3.8) is 0 Å². The van der Waals surface area contributed by atoms with Gasteiger partial charge in [-0.15, -0.1) is 0 Å². The molecule has 2 rings (SSSR count). The number of nitrogens with zero attached hydrogens (tertiary/aromatic N) is 1. The van der Waals surface area contributed by atoms with E-state index in [0.29, 0.717) is 6.54 Å². The number of hydrogen-bond donors (Lipinski definition) is 0. The van der Waals surface area contributed by atoms with Gasteiger partial charge in [0.2, 0.25) is 0 Å². The van der Waals surface area contributed by atoms with Gasteiger partial charge in [-0.25, -0.2) is 0 Å². The van der Waals surface area contributed by atoms with E-state index in [0.717, 1.165) is 6.42 Å². The first-order valence-electron chi connectivity index (χ1n) is 6.63. The summed E-state index contributed by atoms with van der Waals surface area (Å²) in [6.07, 6.45) is 0.210. The molecular weight excluding hydrogens is 321 g/mol. The number of amides is 2. The van der Waals surface area contributed by atoms with Crippen LogP contribution in [0.15, 0.2) is 30.3 Å². The van der Waals surface area contributed by atoms with Crippen LogP contribution in [-0.2, 0) is 9.53 Å². The molecule has 1 aliphatic heterocycles. The number of hydrogen-bond acceptors (Lipinski definition) is 3. The Kier molecular flexibility index (Phi) is 4.51. The first-order valence-corrected chi connectivity index (χ1v) is 8.47. The van der Waals surface area contributed by atoms with E-state index in [4.69, 9.17) is 4.74 Å². The van der Waals surface area contributed by atoms with Crippen LogP contribution in [0.4, 0.5) is 4.79 Å². The molecule has 2 amide bonds. The van der Waals surface area contributed by atoms with E-state index in [1.807, 2.05) is 30.3 Å². The van der Waals surface area contributed by atoms with E-state index in [-0.39, 0.29) is 25.7 Å². The molecule has 1 saturated heterocycles. The number of carbonyl (C=O) groups excluding carboxylic acids is 2. The van der Waals surface area contributed by atoms with Crippen LogP contribution in [-0.4, -0.2) is 44.0 Å². The van der Waals surface area contributed by atoms with Gasteiger partial charge in [0, 0.05) is 0 Å². The van der Waals surface area contributed by atoms with Crippen molar-refractivity contribution in [2.24, 2.45) is 0 Å². The van der Waals surface area contributed by atoms with Crippen LogP contribution >= 0.6 is 0 Å². The van der Waals surface area contributed by atoms with Gasteiger partial charge in [-0.1, -0.05) is 0 Å². The Labute approximate surface area is 125 Å². The fraction of sp³-hybridized carbons (Fsp3) is 0.467. The number of benzene rings is 1. The van der Waals surface area contributed by atoms with E-state index in [1.165, 1.54) is 9.36 Å². The van der Waals surface area contributed by atoms with E-state index in [1.54, 1.807) is 20.8 Å². The zero-order valence-electron chi connectivity index (χ0n) is 12.0. The monoisotopic (exact) mass is 341 g/mol. The van der Waals surface area contributed by atoms with Gasteiger partial charge in [0.15, 0.2) is 0 Å². The molecule has 1 atom stereocenters. The van der Waals surface area contributed by atoms with Gasteiger partial charge in [-0.3, -0.25) is 0 Å². The summed E-state index contributed by atoms with van der Waals surface area (Å²) in [6, 6.07) is 9.97.